The summed E-state index contributed by atoms with van der Waals surface area (Å²) in [6.45, 7) is 5.36. The largest absolute Gasteiger partial charge is 0.489 e. The molecule has 1 aliphatic carbocycles. The molecule has 1 aromatic carbocycles. The normalized spacial score (nSPS) is 29.0. The van der Waals surface area contributed by atoms with Crippen molar-refractivity contribution < 1.29 is 23.9 Å². The van der Waals surface area contributed by atoms with Crippen molar-refractivity contribution in [2.24, 2.45) is 5.41 Å². The fraction of sp³-hybridized carbons (Fsp3) is 0.654. The van der Waals surface area contributed by atoms with Gasteiger partial charge in [-0.1, -0.05) is 13.3 Å². The van der Waals surface area contributed by atoms with Crippen molar-refractivity contribution >= 4 is 17.7 Å². The van der Waals surface area contributed by atoms with Crippen LogP contribution in [0.4, 0.5) is 0 Å². The van der Waals surface area contributed by atoms with Crippen LogP contribution in [0.3, 0.4) is 0 Å². The monoisotopic (exact) mass is 469 g/mol. The maximum atomic E-state index is 12.9. The van der Waals surface area contributed by atoms with Gasteiger partial charge in [0.15, 0.2) is 0 Å². The first kappa shape index (κ1) is 23.3. The molecule has 1 aromatic rings. The first-order valence-electron chi connectivity index (χ1n) is 12.7. The number of piperidine rings is 1. The Kier molecular flexibility index (Phi) is 6.62. The average molecular weight is 470 g/mol. The van der Waals surface area contributed by atoms with Crippen molar-refractivity contribution in [1.29, 1.82) is 0 Å². The lowest BCUT2D eigenvalue weighted by Crippen LogP contribution is -2.52. The number of nitrogens with one attached hydrogen (secondary N) is 2. The number of rotatable bonds is 6. The molecule has 3 heterocycles. The zero-order valence-corrected chi connectivity index (χ0v) is 19.9. The van der Waals surface area contributed by atoms with Gasteiger partial charge in [0.1, 0.15) is 17.9 Å². The van der Waals surface area contributed by atoms with E-state index in [-0.39, 0.29) is 35.7 Å². The second-order valence-electron chi connectivity index (χ2n) is 10.6. The fourth-order valence-electron chi connectivity index (χ4n) is 5.69. The van der Waals surface area contributed by atoms with Gasteiger partial charge in [0.2, 0.25) is 11.8 Å². The summed E-state index contributed by atoms with van der Waals surface area (Å²) in [5, 5.41) is 6.16. The van der Waals surface area contributed by atoms with Crippen LogP contribution in [0.25, 0.3) is 0 Å². The smallest absolute Gasteiger partial charge is 0.255 e. The molecule has 0 aromatic heterocycles. The van der Waals surface area contributed by atoms with Gasteiger partial charge in [0, 0.05) is 44.3 Å². The van der Waals surface area contributed by atoms with E-state index in [0.29, 0.717) is 24.6 Å². The molecule has 3 atom stereocenters. The number of fused-ring (bicyclic) bond motifs is 1. The highest BCUT2D eigenvalue weighted by atomic mass is 16.5. The van der Waals surface area contributed by atoms with E-state index in [2.05, 4.69) is 17.6 Å². The summed E-state index contributed by atoms with van der Waals surface area (Å²) in [6, 6.07) is 5.34. The van der Waals surface area contributed by atoms with Gasteiger partial charge in [-0.2, -0.15) is 0 Å². The third-order valence-corrected chi connectivity index (χ3v) is 7.98. The number of hydrogen-bond acceptors (Lipinski definition) is 6. The number of imide groups is 1. The molecule has 8 heteroatoms. The summed E-state index contributed by atoms with van der Waals surface area (Å²) >= 11 is 0. The summed E-state index contributed by atoms with van der Waals surface area (Å²) in [7, 11) is 0. The number of ether oxygens (including phenoxy) is 2. The molecule has 34 heavy (non-hydrogen) atoms. The summed E-state index contributed by atoms with van der Waals surface area (Å²) in [6.07, 6.45) is 7.36. The van der Waals surface area contributed by atoms with Crippen molar-refractivity contribution in [2.45, 2.75) is 83.0 Å². The van der Waals surface area contributed by atoms with E-state index in [1.54, 1.807) is 4.90 Å². The number of nitrogens with zero attached hydrogens (tertiary/aromatic N) is 1. The van der Waals surface area contributed by atoms with Crippen LogP contribution in [0.2, 0.25) is 0 Å². The third kappa shape index (κ3) is 4.84. The van der Waals surface area contributed by atoms with E-state index in [4.69, 9.17) is 9.47 Å². The molecule has 1 unspecified atom stereocenters. The predicted octanol–water partition coefficient (Wildman–Crippen LogP) is 2.54. The highest BCUT2D eigenvalue weighted by Crippen LogP contribution is 2.33. The first-order chi connectivity index (χ1) is 16.4. The number of benzene rings is 1. The number of carbonyl (C=O) groups excluding carboxylic acids is 3. The van der Waals surface area contributed by atoms with Crippen LogP contribution in [0.1, 0.15) is 74.2 Å². The molecule has 3 fully saturated rings. The topological polar surface area (TPSA) is 97.0 Å². The van der Waals surface area contributed by atoms with Gasteiger partial charge in [-0.25, -0.2) is 0 Å². The van der Waals surface area contributed by atoms with E-state index < -0.39 is 6.04 Å². The van der Waals surface area contributed by atoms with Gasteiger partial charge in [0.25, 0.3) is 5.91 Å². The second-order valence-corrected chi connectivity index (χ2v) is 10.6. The molecular formula is C26H35N3O5. The summed E-state index contributed by atoms with van der Waals surface area (Å²) < 4.78 is 12.0. The van der Waals surface area contributed by atoms with Crippen molar-refractivity contribution in [3.8, 4) is 5.75 Å². The van der Waals surface area contributed by atoms with Gasteiger partial charge in [-0.3, -0.25) is 19.7 Å². The summed E-state index contributed by atoms with van der Waals surface area (Å²) in [5.74, 6) is -0.0450. The third-order valence-electron chi connectivity index (χ3n) is 7.98. The summed E-state index contributed by atoms with van der Waals surface area (Å²) in [4.78, 5) is 38.3. The molecule has 0 bridgehead atoms. The fourth-order valence-corrected chi connectivity index (χ4v) is 5.69. The molecule has 2 saturated heterocycles. The molecule has 8 nitrogen and oxygen atoms in total. The zero-order chi connectivity index (χ0) is 23.7. The maximum Gasteiger partial charge on any atom is 0.255 e. The van der Waals surface area contributed by atoms with E-state index in [0.717, 1.165) is 63.2 Å². The molecule has 0 spiro atoms. The molecule has 3 aliphatic heterocycles. The van der Waals surface area contributed by atoms with Crippen molar-refractivity contribution in [1.82, 2.24) is 15.5 Å². The Morgan fingerprint density at radius 2 is 1.94 bits per heavy atom. The van der Waals surface area contributed by atoms with Crippen LogP contribution in [0.5, 0.6) is 5.75 Å². The maximum absolute atomic E-state index is 12.9. The van der Waals surface area contributed by atoms with Gasteiger partial charge >= 0.3 is 0 Å². The second kappa shape index (κ2) is 9.66. The van der Waals surface area contributed by atoms with Gasteiger partial charge in [-0.05, 0) is 67.7 Å². The quantitative estimate of drug-likeness (QED) is 0.622. The zero-order valence-electron chi connectivity index (χ0n) is 19.9. The van der Waals surface area contributed by atoms with Gasteiger partial charge in [-0.15, -0.1) is 0 Å². The molecule has 1 saturated carbocycles. The Bertz CT molecular complexity index is 958. The number of carbonyl (C=O) groups is 3. The highest BCUT2D eigenvalue weighted by molar-refractivity contribution is 6.05. The predicted molar refractivity (Wildman–Crippen MR) is 125 cm³/mol. The first-order valence-corrected chi connectivity index (χ1v) is 12.7. The van der Waals surface area contributed by atoms with E-state index in [1.807, 2.05) is 18.2 Å². The Balaban J connectivity index is 1.23. The lowest BCUT2D eigenvalue weighted by Gasteiger charge is -2.38. The van der Waals surface area contributed by atoms with Crippen molar-refractivity contribution in [3.05, 3.63) is 29.3 Å². The minimum atomic E-state index is -0.597. The highest BCUT2D eigenvalue weighted by Gasteiger charge is 2.39. The molecule has 184 valence electrons. The standard InChI is InChI=1S/C26H35N3O5/c1-26(10-12-33-13-11-26)16-27-20-4-2-3-5-22(20)34-18-6-7-19-17(14-18)15-29(25(19)32)21-8-9-23(30)28-24(21)31/h6-7,14,20-22,27H,2-5,8-13,15-16H2,1H3,(H,28,30,31)/t20-,21?,22-/m1/s1. The Labute approximate surface area is 200 Å². The molecule has 0 radical (unpaired) electrons. The van der Waals surface area contributed by atoms with Crippen LogP contribution < -0.4 is 15.4 Å². The lowest BCUT2D eigenvalue weighted by atomic mass is 9.81. The Morgan fingerprint density at radius 3 is 2.74 bits per heavy atom. The van der Waals surface area contributed by atoms with Crippen LogP contribution >= 0.6 is 0 Å². The molecule has 2 N–H and O–H groups in total. The number of amides is 3. The van der Waals surface area contributed by atoms with E-state index in [1.165, 1.54) is 6.42 Å². The minimum Gasteiger partial charge on any atom is -0.489 e. The summed E-state index contributed by atoms with van der Waals surface area (Å²) in [5.41, 5.74) is 1.76. The average Bonchev–Trinajstić information content (AvgIpc) is 3.14. The molecule has 5 rings (SSSR count). The Morgan fingerprint density at radius 1 is 1.15 bits per heavy atom. The van der Waals surface area contributed by atoms with Crippen molar-refractivity contribution in [2.75, 3.05) is 19.8 Å². The van der Waals surface area contributed by atoms with Crippen LogP contribution in [-0.4, -0.2) is 60.6 Å². The van der Waals surface area contributed by atoms with Crippen LogP contribution in [0.15, 0.2) is 18.2 Å². The Hall–Kier alpha value is -2.45. The van der Waals surface area contributed by atoms with Gasteiger partial charge in [0.05, 0.1) is 0 Å². The molecular weight excluding hydrogens is 434 g/mol. The minimum absolute atomic E-state index is 0.0959. The van der Waals surface area contributed by atoms with E-state index >= 15 is 0 Å². The van der Waals surface area contributed by atoms with E-state index in [9.17, 15) is 14.4 Å². The number of hydrogen-bond donors (Lipinski definition) is 2. The van der Waals surface area contributed by atoms with Gasteiger partial charge < -0.3 is 19.7 Å². The SMILES string of the molecule is CC1(CN[C@@H]2CCCC[C@H]2Oc2ccc3c(c2)CN(C2CCC(=O)NC2=O)C3=O)CCOCC1. The van der Waals surface area contributed by atoms with Crippen LogP contribution in [-0.2, 0) is 20.9 Å². The van der Waals surface area contributed by atoms with Crippen LogP contribution in [0, 0.1) is 5.41 Å². The lowest BCUT2D eigenvalue weighted by molar-refractivity contribution is -0.136. The molecule has 4 aliphatic rings. The molecule has 3 amide bonds. The van der Waals surface area contributed by atoms with Crippen molar-refractivity contribution in [3.63, 3.8) is 0 Å².